The van der Waals surface area contributed by atoms with Crippen molar-refractivity contribution in [2.24, 2.45) is 5.92 Å². The monoisotopic (exact) mass is 290 g/mol. The molecule has 0 aliphatic carbocycles. The number of nitrogens with zero attached hydrogens (tertiary/aromatic N) is 1. The van der Waals surface area contributed by atoms with E-state index in [9.17, 15) is 9.90 Å². The summed E-state index contributed by atoms with van der Waals surface area (Å²) in [5, 5.41) is 12.7. The van der Waals surface area contributed by atoms with E-state index in [2.05, 4.69) is 25.2 Å². The third kappa shape index (κ3) is 3.56. The highest BCUT2D eigenvalue weighted by molar-refractivity contribution is 5.75. The van der Waals surface area contributed by atoms with Gasteiger partial charge in [0.25, 0.3) is 0 Å². The third-order valence-electron chi connectivity index (χ3n) is 4.54. The summed E-state index contributed by atoms with van der Waals surface area (Å²) in [7, 11) is 0. The Morgan fingerprint density at radius 1 is 1.38 bits per heavy atom. The molecular formula is C17H26N2O2. The summed E-state index contributed by atoms with van der Waals surface area (Å²) in [6, 6.07) is 7.78. The van der Waals surface area contributed by atoms with E-state index in [4.69, 9.17) is 0 Å². The van der Waals surface area contributed by atoms with Crippen LogP contribution in [-0.4, -0.2) is 35.7 Å². The molecule has 4 heteroatoms. The van der Waals surface area contributed by atoms with E-state index in [1.807, 2.05) is 18.2 Å². The maximum absolute atomic E-state index is 12.4. The molecule has 1 heterocycles. The van der Waals surface area contributed by atoms with Crippen molar-refractivity contribution in [3.63, 3.8) is 0 Å². The van der Waals surface area contributed by atoms with Crippen LogP contribution in [0.25, 0.3) is 0 Å². The first-order chi connectivity index (χ1) is 10.2. The first-order valence-electron chi connectivity index (χ1n) is 7.94. The van der Waals surface area contributed by atoms with Crippen LogP contribution in [0.1, 0.15) is 43.9 Å². The highest BCUT2D eigenvalue weighted by Crippen LogP contribution is 2.29. The lowest BCUT2D eigenvalue weighted by molar-refractivity contribution is 0.126. The molecule has 0 aromatic heterocycles. The van der Waals surface area contributed by atoms with Gasteiger partial charge in [-0.15, -0.1) is 0 Å². The molecule has 1 aliphatic heterocycles. The van der Waals surface area contributed by atoms with Crippen LogP contribution in [0.15, 0.2) is 24.3 Å². The molecule has 2 amide bonds. The van der Waals surface area contributed by atoms with Crippen LogP contribution < -0.4 is 5.32 Å². The Hall–Kier alpha value is -1.55. The number of aliphatic hydroxyl groups excluding tert-OH is 1. The molecule has 0 saturated heterocycles. The van der Waals surface area contributed by atoms with Gasteiger partial charge in [0, 0.05) is 13.1 Å². The van der Waals surface area contributed by atoms with E-state index in [1.165, 1.54) is 5.56 Å². The number of urea groups is 1. The fourth-order valence-corrected chi connectivity index (χ4v) is 3.00. The molecule has 0 saturated carbocycles. The zero-order valence-electron chi connectivity index (χ0n) is 13.0. The van der Waals surface area contributed by atoms with Gasteiger partial charge < -0.3 is 15.3 Å². The number of amides is 2. The number of aliphatic hydroxyl groups is 1. The average molecular weight is 290 g/mol. The summed E-state index contributed by atoms with van der Waals surface area (Å²) >= 11 is 0. The zero-order valence-corrected chi connectivity index (χ0v) is 13.0. The topological polar surface area (TPSA) is 52.6 Å². The minimum absolute atomic E-state index is 0.0323. The highest BCUT2D eigenvalue weighted by Gasteiger charge is 2.30. The van der Waals surface area contributed by atoms with Crippen LogP contribution in [0.3, 0.4) is 0 Å². The smallest absolute Gasteiger partial charge is 0.318 e. The number of hydrogen-bond acceptors (Lipinski definition) is 2. The van der Waals surface area contributed by atoms with Gasteiger partial charge in [0.1, 0.15) is 0 Å². The summed E-state index contributed by atoms with van der Waals surface area (Å²) in [5.74, 6) is 0.526. The molecule has 1 atom stereocenters. The Kier molecular flexibility index (Phi) is 5.62. The minimum atomic E-state index is -0.225. The van der Waals surface area contributed by atoms with Gasteiger partial charge in [-0.1, -0.05) is 51.0 Å². The molecule has 1 aromatic carbocycles. The van der Waals surface area contributed by atoms with Crippen molar-refractivity contribution in [1.29, 1.82) is 0 Å². The number of benzene rings is 1. The van der Waals surface area contributed by atoms with Crippen LogP contribution in [0.2, 0.25) is 0 Å². The number of nitrogens with one attached hydrogen (secondary N) is 1. The average Bonchev–Trinajstić information content (AvgIpc) is 2.54. The Bertz CT molecular complexity index is 472. The molecule has 0 radical (unpaired) electrons. The molecule has 0 spiro atoms. The Labute approximate surface area is 127 Å². The summed E-state index contributed by atoms with van der Waals surface area (Å²) < 4.78 is 0. The van der Waals surface area contributed by atoms with Gasteiger partial charge in [-0.05, 0) is 23.5 Å². The molecule has 2 rings (SSSR count). The third-order valence-corrected chi connectivity index (χ3v) is 4.54. The predicted molar refractivity (Wildman–Crippen MR) is 84.1 cm³/mol. The molecule has 21 heavy (non-hydrogen) atoms. The number of rotatable bonds is 5. The zero-order chi connectivity index (χ0) is 15.2. The van der Waals surface area contributed by atoms with E-state index in [0.717, 1.165) is 24.8 Å². The van der Waals surface area contributed by atoms with Crippen LogP contribution in [-0.2, 0) is 6.42 Å². The maximum atomic E-state index is 12.4. The first-order valence-corrected chi connectivity index (χ1v) is 7.94. The van der Waals surface area contributed by atoms with Crippen LogP contribution in [0.5, 0.6) is 0 Å². The second-order valence-electron chi connectivity index (χ2n) is 5.71. The van der Waals surface area contributed by atoms with E-state index in [0.29, 0.717) is 19.0 Å². The first kappa shape index (κ1) is 15.8. The van der Waals surface area contributed by atoms with Crippen molar-refractivity contribution in [3.05, 3.63) is 35.4 Å². The van der Waals surface area contributed by atoms with E-state index in [1.54, 1.807) is 4.90 Å². The van der Waals surface area contributed by atoms with Crippen LogP contribution >= 0.6 is 0 Å². The molecule has 0 fully saturated rings. The molecule has 1 aromatic rings. The minimum Gasteiger partial charge on any atom is -0.394 e. The standard InChI is InChI=1S/C17H26N2O2/c1-3-13(4-2)11-18-17(21)19-10-9-14-7-5-6-8-15(14)16(19)12-20/h5-8,13,16,20H,3-4,9-12H2,1-2H3,(H,18,21). The van der Waals surface area contributed by atoms with Gasteiger partial charge in [0.05, 0.1) is 12.6 Å². The highest BCUT2D eigenvalue weighted by atomic mass is 16.3. The molecule has 116 valence electrons. The van der Waals surface area contributed by atoms with E-state index >= 15 is 0 Å². The summed E-state index contributed by atoms with van der Waals surface area (Å²) in [6.45, 7) is 5.64. The van der Waals surface area contributed by atoms with Crippen molar-refractivity contribution in [2.75, 3.05) is 19.7 Å². The molecule has 4 nitrogen and oxygen atoms in total. The maximum Gasteiger partial charge on any atom is 0.318 e. The van der Waals surface area contributed by atoms with Crippen molar-refractivity contribution in [3.8, 4) is 0 Å². The number of hydrogen-bond donors (Lipinski definition) is 2. The number of carbonyl (C=O) groups is 1. The molecule has 1 unspecified atom stereocenters. The van der Waals surface area contributed by atoms with Crippen molar-refractivity contribution >= 4 is 6.03 Å². The predicted octanol–water partition coefficient (Wildman–Crippen LogP) is 2.72. The Morgan fingerprint density at radius 3 is 2.76 bits per heavy atom. The molecular weight excluding hydrogens is 264 g/mol. The van der Waals surface area contributed by atoms with Crippen LogP contribution in [0.4, 0.5) is 4.79 Å². The Morgan fingerprint density at radius 2 is 2.10 bits per heavy atom. The summed E-state index contributed by atoms with van der Waals surface area (Å²) in [6.07, 6.45) is 3.00. The molecule has 0 bridgehead atoms. The number of fused-ring (bicyclic) bond motifs is 1. The summed E-state index contributed by atoms with van der Waals surface area (Å²) in [5.41, 5.74) is 2.31. The summed E-state index contributed by atoms with van der Waals surface area (Å²) in [4.78, 5) is 14.2. The molecule has 2 N–H and O–H groups in total. The second-order valence-corrected chi connectivity index (χ2v) is 5.71. The Balaban J connectivity index is 2.05. The van der Waals surface area contributed by atoms with Crippen molar-refractivity contribution in [1.82, 2.24) is 10.2 Å². The second kappa shape index (κ2) is 7.46. The van der Waals surface area contributed by atoms with E-state index in [-0.39, 0.29) is 18.7 Å². The van der Waals surface area contributed by atoms with Crippen molar-refractivity contribution < 1.29 is 9.90 Å². The lowest BCUT2D eigenvalue weighted by Gasteiger charge is -2.36. The quantitative estimate of drug-likeness (QED) is 0.876. The van der Waals surface area contributed by atoms with Gasteiger partial charge in [-0.3, -0.25) is 0 Å². The van der Waals surface area contributed by atoms with Gasteiger partial charge >= 0.3 is 6.03 Å². The largest absolute Gasteiger partial charge is 0.394 e. The lowest BCUT2D eigenvalue weighted by atomic mass is 9.93. The van der Waals surface area contributed by atoms with Gasteiger partial charge in [0.15, 0.2) is 0 Å². The number of carbonyl (C=O) groups excluding carboxylic acids is 1. The van der Waals surface area contributed by atoms with Gasteiger partial charge in [-0.2, -0.15) is 0 Å². The lowest BCUT2D eigenvalue weighted by Crippen LogP contribution is -2.47. The SMILES string of the molecule is CCC(CC)CNC(=O)N1CCc2ccccc2C1CO. The van der Waals surface area contributed by atoms with Crippen molar-refractivity contribution in [2.45, 2.75) is 39.2 Å². The fraction of sp³-hybridized carbons (Fsp3) is 0.588. The normalized spacial score (nSPS) is 17.7. The van der Waals surface area contributed by atoms with E-state index < -0.39 is 0 Å². The van der Waals surface area contributed by atoms with Gasteiger partial charge in [-0.25, -0.2) is 4.79 Å². The fourth-order valence-electron chi connectivity index (χ4n) is 3.00. The van der Waals surface area contributed by atoms with Gasteiger partial charge in [0.2, 0.25) is 0 Å². The molecule has 1 aliphatic rings. The van der Waals surface area contributed by atoms with Crippen LogP contribution in [0, 0.1) is 5.92 Å².